The zero-order valence-electron chi connectivity index (χ0n) is 34.4. The number of rotatable bonds is 6. The van der Waals surface area contributed by atoms with Crippen molar-refractivity contribution >= 4 is 82.6 Å². The molecule has 9 heterocycles. The number of benzene rings is 5. The lowest BCUT2D eigenvalue weighted by atomic mass is 9.92. The van der Waals surface area contributed by atoms with Crippen molar-refractivity contribution in [2.24, 2.45) is 0 Å². The Kier molecular flexibility index (Phi) is 7.32. The van der Waals surface area contributed by atoms with E-state index in [0.29, 0.717) is 34.4 Å². The maximum Gasteiger partial charge on any atom is 0.207 e. The lowest BCUT2D eigenvalue weighted by molar-refractivity contribution is 0.582. The van der Waals surface area contributed by atoms with Crippen molar-refractivity contribution in [2.75, 3.05) is 10.2 Å². The van der Waals surface area contributed by atoms with Gasteiger partial charge in [0.25, 0.3) is 0 Å². The number of nitrogens with one attached hydrogen (secondary N) is 5. The van der Waals surface area contributed by atoms with Crippen LogP contribution in [0.2, 0.25) is 0 Å². The second kappa shape index (κ2) is 13.4. The van der Waals surface area contributed by atoms with E-state index in [1.54, 1.807) is 6.20 Å². The third-order valence-electron chi connectivity index (χ3n) is 12.9. The lowest BCUT2D eigenvalue weighted by Crippen LogP contribution is -2.48. The molecule has 8 aromatic heterocycles. The van der Waals surface area contributed by atoms with Crippen LogP contribution >= 0.6 is 0 Å². The Morgan fingerprint density at radius 1 is 0.508 bits per heavy atom. The maximum absolute atomic E-state index is 5.82. The highest BCUT2D eigenvalue weighted by Crippen LogP contribution is 2.60. The van der Waals surface area contributed by atoms with E-state index in [-0.39, 0.29) is 0 Å². The SMILES string of the molecule is c1cnc2nc(C3(c4n[nH]c5ccccc45)Nc4nc(-c5nccc6ccccc56)c(-c5[nH]cc6ccccc56)c(-c5cc6ccccc6[nH]5)c4N3c3n[nH]c4ccccc34)ccc2c1. The average Bonchev–Trinajstić information content (AvgIpc) is 4.22. The topological polar surface area (TPSA) is 156 Å². The maximum atomic E-state index is 5.82. The Labute approximate surface area is 369 Å². The van der Waals surface area contributed by atoms with Gasteiger partial charge in [0.15, 0.2) is 17.3 Å². The molecule has 65 heavy (non-hydrogen) atoms. The molecule has 13 aromatic rings. The third kappa shape index (κ3) is 5.07. The van der Waals surface area contributed by atoms with E-state index in [1.165, 1.54) is 0 Å². The highest BCUT2D eigenvalue weighted by Gasteiger charge is 2.55. The van der Waals surface area contributed by atoms with Gasteiger partial charge in [-0.3, -0.25) is 20.1 Å². The van der Waals surface area contributed by atoms with E-state index < -0.39 is 5.66 Å². The fourth-order valence-electron chi connectivity index (χ4n) is 10.00. The van der Waals surface area contributed by atoms with Gasteiger partial charge in [-0.2, -0.15) is 10.2 Å². The molecule has 12 nitrogen and oxygen atoms in total. The first kappa shape index (κ1) is 35.4. The van der Waals surface area contributed by atoms with Gasteiger partial charge in [0.05, 0.1) is 33.8 Å². The molecule has 14 rings (SSSR count). The number of aromatic amines is 4. The number of fused-ring (bicyclic) bond motifs is 7. The van der Waals surface area contributed by atoms with Crippen LogP contribution in [0.25, 0.3) is 99.2 Å². The summed E-state index contributed by atoms with van der Waals surface area (Å²) < 4.78 is 0. The highest BCUT2D eigenvalue weighted by molar-refractivity contribution is 6.13. The molecule has 0 saturated heterocycles. The van der Waals surface area contributed by atoms with Crippen LogP contribution in [0, 0.1) is 0 Å². The molecule has 1 atom stereocenters. The van der Waals surface area contributed by atoms with Gasteiger partial charge in [-0.15, -0.1) is 0 Å². The van der Waals surface area contributed by atoms with Crippen molar-refractivity contribution < 1.29 is 0 Å². The molecular weight excluding hydrogens is 805 g/mol. The Morgan fingerprint density at radius 3 is 2.08 bits per heavy atom. The monoisotopic (exact) mass is 838 g/mol. The van der Waals surface area contributed by atoms with Gasteiger partial charge in [0, 0.05) is 73.2 Å². The normalized spacial score (nSPS) is 14.9. The standard InChI is InChI=1S/C53H34N12/c1-4-16-34-30(12-1)25-27-54-46(34)47-44(45-35-17-5-2-14-33(35)29-56-45)43(41-28-32-13-3-8-20-38(32)57-41)48-51(59-47)60-53(49-36-18-6-9-21-39(36)61-63-49,42-24-23-31-15-11-26-55-50(31)58-42)65(48)52-37-19-7-10-22-40(37)62-64-52/h1-29,56-57H,(H,59,60)(H,61,63)(H,62,64). The number of hydrogen-bond donors (Lipinski definition) is 5. The molecule has 5 N–H and O–H groups in total. The molecule has 306 valence electrons. The second-order valence-corrected chi connectivity index (χ2v) is 16.4. The van der Waals surface area contributed by atoms with Crippen molar-refractivity contribution in [2.45, 2.75) is 5.66 Å². The third-order valence-corrected chi connectivity index (χ3v) is 12.9. The molecule has 5 aromatic carbocycles. The van der Waals surface area contributed by atoms with Crippen LogP contribution < -0.4 is 10.2 Å². The second-order valence-electron chi connectivity index (χ2n) is 16.4. The first-order valence-corrected chi connectivity index (χ1v) is 21.5. The number of pyridine rings is 4. The van der Waals surface area contributed by atoms with E-state index in [2.05, 4.69) is 140 Å². The zero-order valence-corrected chi connectivity index (χ0v) is 34.4. The molecule has 0 spiro atoms. The highest BCUT2D eigenvalue weighted by atomic mass is 15.5. The summed E-state index contributed by atoms with van der Waals surface area (Å²) >= 11 is 0. The van der Waals surface area contributed by atoms with Crippen molar-refractivity contribution in [3.63, 3.8) is 0 Å². The average molecular weight is 839 g/mol. The van der Waals surface area contributed by atoms with Gasteiger partial charge in [-0.1, -0.05) is 97.1 Å². The molecule has 0 saturated carbocycles. The van der Waals surface area contributed by atoms with Crippen molar-refractivity contribution in [1.82, 2.24) is 50.3 Å². The summed E-state index contributed by atoms with van der Waals surface area (Å²) in [5.74, 6) is 1.24. The number of anilines is 3. The summed E-state index contributed by atoms with van der Waals surface area (Å²) in [6.45, 7) is 0. The predicted molar refractivity (Wildman–Crippen MR) is 258 cm³/mol. The van der Waals surface area contributed by atoms with E-state index in [4.69, 9.17) is 30.1 Å². The van der Waals surface area contributed by atoms with Crippen LogP contribution in [0.15, 0.2) is 176 Å². The zero-order chi connectivity index (χ0) is 42.6. The molecule has 1 aliphatic rings. The first-order valence-electron chi connectivity index (χ1n) is 21.5. The number of hydrogen-bond acceptors (Lipinski definition) is 8. The van der Waals surface area contributed by atoms with Gasteiger partial charge >= 0.3 is 0 Å². The van der Waals surface area contributed by atoms with Crippen LogP contribution in [-0.4, -0.2) is 50.3 Å². The van der Waals surface area contributed by atoms with E-state index in [1.807, 2.05) is 60.8 Å². The molecule has 0 radical (unpaired) electrons. The Hall–Kier alpha value is -9.16. The summed E-state index contributed by atoms with van der Waals surface area (Å²) in [5.41, 5.74) is 9.00. The van der Waals surface area contributed by atoms with Gasteiger partial charge in [0.1, 0.15) is 11.4 Å². The van der Waals surface area contributed by atoms with Crippen LogP contribution in [0.5, 0.6) is 0 Å². The van der Waals surface area contributed by atoms with Crippen LogP contribution in [0.3, 0.4) is 0 Å². The molecule has 1 aliphatic heterocycles. The number of H-pyrrole nitrogens is 4. The Bertz CT molecular complexity index is 4010. The summed E-state index contributed by atoms with van der Waals surface area (Å²) in [5, 5.41) is 29.2. The van der Waals surface area contributed by atoms with E-state index in [0.717, 1.165) is 93.5 Å². The molecule has 0 fully saturated rings. The van der Waals surface area contributed by atoms with Crippen LogP contribution in [0.4, 0.5) is 17.3 Å². The van der Waals surface area contributed by atoms with Crippen molar-refractivity contribution in [1.29, 1.82) is 0 Å². The molecule has 12 heteroatoms. The molecular formula is C53H34N12. The molecule has 0 amide bonds. The van der Waals surface area contributed by atoms with Crippen molar-refractivity contribution in [3.05, 3.63) is 188 Å². The summed E-state index contributed by atoms with van der Waals surface area (Å²) in [6, 6.07) is 53.9. The Morgan fingerprint density at radius 2 is 1.22 bits per heavy atom. The number of aromatic nitrogens is 10. The van der Waals surface area contributed by atoms with E-state index >= 15 is 0 Å². The van der Waals surface area contributed by atoms with Crippen LogP contribution in [0.1, 0.15) is 11.4 Å². The number of para-hydroxylation sites is 3. The quantitative estimate of drug-likeness (QED) is 0.111. The fourth-order valence-corrected chi connectivity index (χ4v) is 10.00. The van der Waals surface area contributed by atoms with Crippen LogP contribution in [-0.2, 0) is 5.66 Å². The lowest BCUT2D eigenvalue weighted by Gasteiger charge is -2.37. The molecule has 0 bridgehead atoms. The van der Waals surface area contributed by atoms with Gasteiger partial charge in [-0.25, -0.2) is 15.0 Å². The molecule has 1 unspecified atom stereocenters. The van der Waals surface area contributed by atoms with Gasteiger partial charge in [0.2, 0.25) is 5.66 Å². The minimum atomic E-state index is -1.38. The van der Waals surface area contributed by atoms with Gasteiger partial charge < -0.3 is 15.3 Å². The summed E-state index contributed by atoms with van der Waals surface area (Å²) in [4.78, 5) is 31.1. The Balaban J connectivity index is 1.21. The minimum Gasteiger partial charge on any atom is -0.360 e. The predicted octanol–water partition coefficient (Wildman–Crippen LogP) is 11.8. The fraction of sp³-hybridized carbons (Fsp3) is 0.0189. The largest absolute Gasteiger partial charge is 0.360 e. The number of nitrogens with zero attached hydrogens (tertiary/aromatic N) is 7. The van der Waals surface area contributed by atoms with E-state index in [9.17, 15) is 0 Å². The summed E-state index contributed by atoms with van der Waals surface area (Å²) in [6.07, 6.45) is 5.71. The van der Waals surface area contributed by atoms with Crippen molar-refractivity contribution in [3.8, 4) is 33.9 Å². The smallest absolute Gasteiger partial charge is 0.207 e. The minimum absolute atomic E-state index is 0.588. The first-order chi connectivity index (χ1) is 32.2. The van der Waals surface area contributed by atoms with Gasteiger partial charge in [-0.05, 0) is 71.4 Å². The summed E-state index contributed by atoms with van der Waals surface area (Å²) in [7, 11) is 0. The molecule has 0 aliphatic carbocycles.